The fourth-order valence-corrected chi connectivity index (χ4v) is 2.95. The molecule has 146 valence electrons. The average molecular weight is 381 g/mol. The molecule has 0 spiro atoms. The predicted molar refractivity (Wildman–Crippen MR) is 104 cm³/mol. The van der Waals surface area contributed by atoms with E-state index in [1.165, 1.54) is 10.0 Å². The number of carbonyl (C=O) groups is 3. The highest BCUT2D eigenvalue weighted by atomic mass is 16.6. The Morgan fingerprint density at radius 1 is 0.857 bits per heavy atom. The quantitative estimate of drug-likeness (QED) is 0.833. The van der Waals surface area contributed by atoms with Crippen molar-refractivity contribution < 1.29 is 19.1 Å². The molecule has 0 aliphatic carbocycles. The Bertz CT molecular complexity index is 811. The first-order valence-corrected chi connectivity index (χ1v) is 9.27. The van der Waals surface area contributed by atoms with Gasteiger partial charge in [-0.2, -0.15) is 0 Å². The van der Waals surface area contributed by atoms with Gasteiger partial charge in [0, 0.05) is 31.6 Å². The van der Waals surface area contributed by atoms with Gasteiger partial charge in [0.2, 0.25) is 11.8 Å². The summed E-state index contributed by atoms with van der Waals surface area (Å²) in [4.78, 5) is 36.9. The van der Waals surface area contributed by atoms with Crippen molar-refractivity contribution >= 4 is 23.6 Å². The standard InChI is InChI=1S/C21H23N3O4/c25-19(22-18-10-5-2-6-11-18)12-13-20(26)23-14-7-15-24(23)21(27)28-16-17-8-3-1-4-9-17/h1-6,8-11H,7,12-16H2,(H,22,25). The van der Waals surface area contributed by atoms with Crippen LogP contribution in [0, 0.1) is 0 Å². The van der Waals surface area contributed by atoms with Gasteiger partial charge in [-0.25, -0.2) is 14.8 Å². The summed E-state index contributed by atoms with van der Waals surface area (Å²) < 4.78 is 5.31. The number of anilines is 1. The van der Waals surface area contributed by atoms with Gasteiger partial charge in [0.15, 0.2) is 0 Å². The third-order valence-electron chi connectivity index (χ3n) is 4.36. The number of amides is 3. The van der Waals surface area contributed by atoms with Gasteiger partial charge >= 0.3 is 6.09 Å². The summed E-state index contributed by atoms with van der Waals surface area (Å²) >= 11 is 0. The number of ether oxygens (including phenoxy) is 1. The van der Waals surface area contributed by atoms with Gasteiger partial charge < -0.3 is 10.1 Å². The molecular weight excluding hydrogens is 358 g/mol. The Balaban J connectivity index is 1.47. The van der Waals surface area contributed by atoms with Crippen molar-refractivity contribution in [3.8, 4) is 0 Å². The molecule has 0 aromatic heterocycles. The van der Waals surface area contributed by atoms with E-state index in [0.29, 0.717) is 25.2 Å². The van der Waals surface area contributed by atoms with Crippen molar-refractivity contribution in [3.05, 3.63) is 66.2 Å². The first kappa shape index (κ1) is 19.4. The van der Waals surface area contributed by atoms with Gasteiger partial charge in [-0.05, 0) is 24.1 Å². The first-order chi connectivity index (χ1) is 13.6. The van der Waals surface area contributed by atoms with E-state index >= 15 is 0 Å². The highest BCUT2D eigenvalue weighted by Gasteiger charge is 2.31. The summed E-state index contributed by atoms with van der Waals surface area (Å²) in [7, 11) is 0. The van der Waals surface area contributed by atoms with Crippen LogP contribution in [0.15, 0.2) is 60.7 Å². The summed E-state index contributed by atoms with van der Waals surface area (Å²) in [6.45, 7) is 1.02. The minimum absolute atomic E-state index is 0.0289. The molecule has 1 aliphatic rings. The lowest BCUT2D eigenvalue weighted by molar-refractivity contribution is -0.142. The zero-order valence-corrected chi connectivity index (χ0v) is 15.5. The third kappa shape index (κ3) is 5.33. The molecule has 3 rings (SSSR count). The molecule has 1 N–H and O–H groups in total. The number of benzene rings is 2. The monoisotopic (exact) mass is 381 g/mol. The molecule has 2 aromatic rings. The maximum absolute atomic E-state index is 12.5. The van der Waals surface area contributed by atoms with E-state index in [2.05, 4.69) is 5.32 Å². The fourth-order valence-electron chi connectivity index (χ4n) is 2.95. The maximum Gasteiger partial charge on any atom is 0.429 e. The van der Waals surface area contributed by atoms with E-state index in [4.69, 9.17) is 4.74 Å². The number of hydrogen-bond donors (Lipinski definition) is 1. The third-order valence-corrected chi connectivity index (χ3v) is 4.36. The van der Waals surface area contributed by atoms with E-state index in [1.807, 2.05) is 48.5 Å². The number of nitrogens with zero attached hydrogens (tertiary/aromatic N) is 2. The molecule has 28 heavy (non-hydrogen) atoms. The molecule has 0 bridgehead atoms. The Kier molecular flexibility index (Phi) is 6.62. The van der Waals surface area contributed by atoms with Gasteiger partial charge in [-0.1, -0.05) is 48.5 Å². The van der Waals surface area contributed by atoms with Crippen LogP contribution in [0.2, 0.25) is 0 Å². The van der Waals surface area contributed by atoms with Crippen LogP contribution < -0.4 is 5.32 Å². The van der Waals surface area contributed by atoms with E-state index in [9.17, 15) is 14.4 Å². The molecule has 1 fully saturated rings. The van der Waals surface area contributed by atoms with E-state index in [0.717, 1.165) is 5.56 Å². The SMILES string of the molecule is O=C(CCC(=O)N1CCCN1C(=O)OCc1ccccc1)Nc1ccccc1. The number of para-hydroxylation sites is 1. The van der Waals surface area contributed by atoms with Crippen molar-refractivity contribution in [2.24, 2.45) is 0 Å². The molecule has 0 atom stereocenters. The van der Waals surface area contributed by atoms with Crippen molar-refractivity contribution in [2.45, 2.75) is 25.9 Å². The predicted octanol–water partition coefficient (Wildman–Crippen LogP) is 3.19. The minimum atomic E-state index is -0.552. The summed E-state index contributed by atoms with van der Waals surface area (Å²) in [5, 5.41) is 5.44. The average Bonchev–Trinajstić information content (AvgIpc) is 3.22. The lowest BCUT2D eigenvalue weighted by Gasteiger charge is -2.27. The smallest absolute Gasteiger partial charge is 0.429 e. The summed E-state index contributed by atoms with van der Waals surface area (Å²) in [6.07, 6.45) is 0.212. The number of hydrogen-bond acceptors (Lipinski definition) is 4. The van der Waals surface area contributed by atoms with E-state index in [1.54, 1.807) is 12.1 Å². The van der Waals surface area contributed by atoms with Crippen LogP contribution in [-0.4, -0.2) is 41.0 Å². The molecule has 7 nitrogen and oxygen atoms in total. The lowest BCUT2D eigenvalue weighted by Crippen LogP contribution is -2.45. The Labute approximate surface area is 163 Å². The van der Waals surface area contributed by atoms with Crippen molar-refractivity contribution in [1.82, 2.24) is 10.0 Å². The van der Waals surface area contributed by atoms with E-state index < -0.39 is 6.09 Å². The molecule has 7 heteroatoms. The van der Waals surface area contributed by atoms with Crippen molar-refractivity contribution in [3.63, 3.8) is 0 Å². The summed E-state index contributed by atoms with van der Waals surface area (Å²) in [5.74, 6) is -0.505. The molecule has 1 aliphatic heterocycles. The number of hydrazine groups is 1. The highest BCUT2D eigenvalue weighted by Crippen LogP contribution is 2.16. The molecule has 2 aromatic carbocycles. The zero-order chi connectivity index (χ0) is 19.8. The van der Waals surface area contributed by atoms with Gasteiger partial charge in [0.1, 0.15) is 6.61 Å². The Hall–Kier alpha value is -3.35. The summed E-state index contributed by atoms with van der Waals surface area (Å²) in [5.41, 5.74) is 1.57. The van der Waals surface area contributed by atoms with Crippen LogP contribution in [0.5, 0.6) is 0 Å². The second-order valence-electron chi connectivity index (χ2n) is 6.45. The molecular formula is C21H23N3O4. The molecule has 1 saturated heterocycles. The van der Waals surface area contributed by atoms with Crippen LogP contribution in [0.1, 0.15) is 24.8 Å². The van der Waals surface area contributed by atoms with Crippen molar-refractivity contribution in [1.29, 1.82) is 0 Å². The van der Waals surface area contributed by atoms with E-state index in [-0.39, 0.29) is 31.3 Å². The zero-order valence-electron chi connectivity index (χ0n) is 15.5. The van der Waals surface area contributed by atoms with Crippen LogP contribution in [-0.2, 0) is 20.9 Å². The fraction of sp³-hybridized carbons (Fsp3) is 0.286. The number of nitrogens with one attached hydrogen (secondary N) is 1. The highest BCUT2D eigenvalue weighted by molar-refractivity contribution is 5.93. The molecule has 3 amide bonds. The van der Waals surface area contributed by atoms with Crippen LogP contribution in [0.4, 0.5) is 10.5 Å². The molecule has 0 saturated carbocycles. The van der Waals surface area contributed by atoms with Crippen LogP contribution in [0.3, 0.4) is 0 Å². The minimum Gasteiger partial charge on any atom is -0.443 e. The van der Waals surface area contributed by atoms with Crippen LogP contribution >= 0.6 is 0 Å². The van der Waals surface area contributed by atoms with Gasteiger partial charge in [0.05, 0.1) is 0 Å². The van der Waals surface area contributed by atoms with Gasteiger partial charge in [-0.15, -0.1) is 0 Å². The van der Waals surface area contributed by atoms with Gasteiger partial charge in [-0.3, -0.25) is 9.59 Å². The molecule has 1 heterocycles. The maximum atomic E-state index is 12.5. The Morgan fingerprint density at radius 3 is 2.21 bits per heavy atom. The largest absolute Gasteiger partial charge is 0.443 e. The molecule has 0 unspecified atom stereocenters. The second kappa shape index (κ2) is 9.55. The Morgan fingerprint density at radius 2 is 1.50 bits per heavy atom. The number of rotatable bonds is 6. The normalized spacial score (nSPS) is 13.3. The lowest BCUT2D eigenvalue weighted by atomic mass is 10.2. The summed E-state index contributed by atoms with van der Waals surface area (Å²) in [6, 6.07) is 18.4. The number of carbonyl (C=O) groups excluding carboxylic acids is 3. The van der Waals surface area contributed by atoms with Gasteiger partial charge in [0.25, 0.3) is 0 Å². The van der Waals surface area contributed by atoms with Crippen molar-refractivity contribution in [2.75, 3.05) is 18.4 Å². The van der Waals surface area contributed by atoms with Crippen LogP contribution in [0.25, 0.3) is 0 Å². The molecule has 0 radical (unpaired) electrons. The second-order valence-corrected chi connectivity index (χ2v) is 6.45. The topological polar surface area (TPSA) is 79.0 Å². The first-order valence-electron chi connectivity index (χ1n) is 9.27.